The van der Waals surface area contributed by atoms with Crippen LogP contribution in [0.25, 0.3) is 0 Å². The average molecular weight is 631 g/mol. The second-order valence-electron chi connectivity index (χ2n) is 14.8. The molecule has 0 saturated heterocycles. The number of allylic oxidation sites excluding steroid dienone is 6. The molecule has 0 amide bonds. The molecule has 0 bridgehead atoms. The molecule has 4 aliphatic heterocycles. The van der Waals surface area contributed by atoms with Crippen molar-refractivity contribution >= 4 is 46.5 Å². The molecule has 47 heavy (non-hydrogen) atoms. The molecular formula is C42H39BN2OS. The lowest BCUT2D eigenvalue weighted by molar-refractivity contribution is 0.302. The maximum absolute atomic E-state index is 6.68. The zero-order valence-electron chi connectivity index (χ0n) is 28.0. The SMILES string of the molecule is C=C1C=C2C=CC=CN2C2=C1B1c3ccc(N(c4ccc(C(C)(C)C)cc4)c4ccc(C(C)(C)C)cc4)cc3Sc3cccc(c31)O2. The Morgan fingerprint density at radius 2 is 1.38 bits per heavy atom. The quantitative estimate of drug-likeness (QED) is 0.209. The lowest BCUT2D eigenvalue weighted by atomic mass is 9.34. The average Bonchev–Trinajstić information content (AvgIpc) is 3.04. The first-order valence-corrected chi connectivity index (χ1v) is 17.2. The summed E-state index contributed by atoms with van der Waals surface area (Å²) in [5.74, 6) is 1.77. The summed E-state index contributed by atoms with van der Waals surface area (Å²) in [5.41, 5.74) is 12.0. The topological polar surface area (TPSA) is 15.7 Å². The van der Waals surface area contributed by atoms with Crippen molar-refractivity contribution < 1.29 is 4.74 Å². The predicted molar refractivity (Wildman–Crippen MR) is 199 cm³/mol. The standard InChI is InChI=1S/C42H39BN2OS/c1-27-25-32-11-8-9-24-44(32)40-38(27)43-34-23-22-33(26-37(34)47-36-13-10-12-35(46-40)39(36)43)45(30-18-14-28(15-19-30)41(2,3)4)31-20-16-29(17-21-31)42(5,6)7/h8-26H,1H2,2-7H3. The lowest BCUT2D eigenvalue weighted by Crippen LogP contribution is -2.53. The van der Waals surface area contributed by atoms with Crippen LogP contribution in [0, 0.1) is 0 Å². The van der Waals surface area contributed by atoms with E-state index in [1.807, 2.05) is 11.8 Å². The van der Waals surface area contributed by atoms with Gasteiger partial charge in [0.25, 0.3) is 6.71 Å². The summed E-state index contributed by atoms with van der Waals surface area (Å²) >= 11 is 1.83. The molecule has 4 heterocycles. The normalized spacial score (nSPS) is 16.2. The van der Waals surface area contributed by atoms with Gasteiger partial charge in [-0.1, -0.05) is 108 Å². The molecule has 5 heteroatoms. The Morgan fingerprint density at radius 1 is 0.745 bits per heavy atom. The van der Waals surface area contributed by atoms with Gasteiger partial charge >= 0.3 is 0 Å². The predicted octanol–water partition coefficient (Wildman–Crippen LogP) is 9.81. The fourth-order valence-electron chi connectivity index (χ4n) is 7.02. The summed E-state index contributed by atoms with van der Waals surface area (Å²) in [6.07, 6.45) is 10.5. The number of benzene rings is 4. The molecule has 0 unspecified atom stereocenters. The molecule has 4 aromatic rings. The zero-order chi connectivity index (χ0) is 32.7. The van der Waals surface area contributed by atoms with Crippen molar-refractivity contribution in [3.8, 4) is 5.75 Å². The smallest absolute Gasteiger partial charge is 0.256 e. The molecule has 0 aromatic heterocycles. The van der Waals surface area contributed by atoms with E-state index in [1.54, 1.807) is 0 Å². The molecule has 0 spiro atoms. The monoisotopic (exact) mass is 630 g/mol. The summed E-state index contributed by atoms with van der Waals surface area (Å²) < 4.78 is 6.68. The fourth-order valence-corrected chi connectivity index (χ4v) is 8.21. The van der Waals surface area contributed by atoms with E-state index in [0.717, 1.165) is 45.4 Å². The van der Waals surface area contributed by atoms with Crippen molar-refractivity contribution in [1.82, 2.24) is 4.90 Å². The molecule has 4 aromatic carbocycles. The Morgan fingerprint density at radius 3 is 2.02 bits per heavy atom. The fraction of sp³-hybridized carbons (Fsp3) is 0.190. The number of hydrogen-bond acceptors (Lipinski definition) is 4. The third-order valence-corrected chi connectivity index (χ3v) is 10.7. The van der Waals surface area contributed by atoms with Crippen molar-refractivity contribution in [3.05, 3.63) is 156 Å². The van der Waals surface area contributed by atoms with E-state index in [2.05, 4.69) is 173 Å². The summed E-state index contributed by atoms with van der Waals surface area (Å²) in [6.45, 7) is 18.2. The zero-order valence-corrected chi connectivity index (χ0v) is 28.8. The molecule has 232 valence electrons. The van der Waals surface area contributed by atoms with Crippen LogP contribution in [0.3, 0.4) is 0 Å². The Balaban J connectivity index is 1.27. The Bertz CT molecular complexity index is 2010. The van der Waals surface area contributed by atoms with Gasteiger partial charge in [-0.3, -0.25) is 4.90 Å². The van der Waals surface area contributed by atoms with Crippen LogP contribution in [-0.4, -0.2) is 11.6 Å². The molecule has 0 saturated carbocycles. The molecule has 0 atom stereocenters. The molecule has 8 rings (SSSR count). The molecular weight excluding hydrogens is 591 g/mol. The molecule has 0 aliphatic carbocycles. The van der Waals surface area contributed by atoms with Crippen molar-refractivity contribution in [2.24, 2.45) is 0 Å². The third-order valence-electron chi connectivity index (χ3n) is 9.59. The van der Waals surface area contributed by atoms with Crippen molar-refractivity contribution in [2.75, 3.05) is 4.90 Å². The van der Waals surface area contributed by atoms with Gasteiger partial charge in [0.05, 0.1) is 0 Å². The number of ether oxygens (including phenoxy) is 1. The van der Waals surface area contributed by atoms with Crippen LogP contribution in [0.4, 0.5) is 17.1 Å². The summed E-state index contributed by atoms with van der Waals surface area (Å²) in [5, 5.41) is 0. The first-order chi connectivity index (χ1) is 22.5. The van der Waals surface area contributed by atoms with Gasteiger partial charge in [-0.2, -0.15) is 0 Å². The maximum atomic E-state index is 6.68. The highest BCUT2D eigenvalue weighted by molar-refractivity contribution is 8.00. The Labute approximate surface area is 283 Å². The second-order valence-corrected chi connectivity index (χ2v) is 15.9. The van der Waals surface area contributed by atoms with Gasteiger partial charge in [0, 0.05) is 38.8 Å². The summed E-state index contributed by atoms with van der Waals surface area (Å²) in [6, 6.07) is 31.6. The highest BCUT2D eigenvalue weighted by Crippen LogP contribution is 2.45. The van der Waals surface area contributed by atoms with E-state index in [9.17, 15) is 0 Å². The number of anilines is 3. The minimum absolute atomic E-state index is 0.0328. The van der Waals surface area contributed by atoms with Crippen LogP contribution in [0.2, 0.25) is 0 Å². The first-order valence-electron chi connectivity index (χ1n) is 16.4. The van der Waals surface area contributed by atoms with Gasteiger partial charge in [0.15, 0.2) is 5.88 Å². The molecule has 0 fully saturated rings. The van der Waals surface area contributed by atoms with E-state index >= 15 is 0 Å². The van der Waals surface area contributed by atoms with Crippen molar-refractivity contribution in [1.29, 1.82) is 0 Å². The van der Waals surface area contributed by atoms with Crippen molar-refractivity contribution in [2.45, 2.75) is 62.2 Å². The minimum Gasteiger partial charge on any atom is -0.442 e. The van der Waals surface area contributed by atoms with Gasteiger partial charge in [-0.15, -0.1) is 0 Å². The van der Waals surface area contributed by atoms with Gasteiger partial charge in [-0.25, -0.2) is 0 Å². The van der Waals surface area contributed by atoms with Crippen LogP contribution in [0.15, 0.2) is 154 Å². The number of rotatable bonds is 3. The van der Waals surface area contributed by atoms with Crippen LogP contribution < -0.4 is 20.6 Å². The molecule has 4 aliphatic rings. The maximum Gasteiger partial charge on any atom is 0.256 e. The van der Waals surface area contributed by atoms with E-state index in [-0.39, 0.29) is 17.5 Å². The van der Waals surface area contributed by atoms with E-state index in [1.165, 1.54) is 31.8 Å². The minimum atomic E-state index is 0.0328. The number of fused-ring (bicyclic) bond motifs is 5. The first kappa shape index (κ1) is 29.8. The van der Waals surface area contributed by atoms with E-state index in [0.29, 0.717) is 0 Å². The lowest BCUT2D eigenvalue weighted by Gasteiger charge is -2.40. The van der Waals surface area contributed by atoms with Gasteiger partial charge < -0.3 is 9.64 Å². The second kappa shape index (κ2) is 10.7. The molecule has 0 N–H and O–H groups in total. The third kappa shape index (κ3) is 5.00. The summed E-state index contributed by atoms with van der Waals surface area (Å²) in [4.78, 5) is 7.03. The Kier molecular flexibility index (Phi) is 6.79. The number of hydrogen-bond donors (Lipinski definition) is 0. The highest BCUT2D eigenvalue weighted by Gasteiger charge is 2.44. The van der Waals surface area contributed by atoms with Crippen LogP contribution in [-0.2, 0) is 10.8 Å². The summed E-state index contributed by atoms with van der Waals surface area (Å²) in [7, 11) is 0. The number of nitrogens with zero attached hydrogens (tertiary/aromatic N) is 2. The Hall–Kier alpha value is -4.61. The van der Waals surface area contributed by atoms with Crippen molar-refractivity contribution in [3.63, 3.8) is 0 Å². The van der Waals surface area contributed by atoms with Crippen LogP contribution >= 0.6 is 11.8 Å². The van der Waals surface area contributed by atoms with Crippen LogP contribution in [0.5, 0.6) is 5.75 Å². The van der Waals surface area contributed by atoms with E-state index in [4.69, 9.17) is 4.74 Å². The molecule has 3 nitrogen and oxygen atoms in total. The van der Waals surface area contributed by atoms with E-state index < -0.39 is 0 Å². The molecule has 0 radical (unpaired) electrons. The largest absolute Gasteiger partial charge is 0.442 e. The van der Waals surface area contributed by atoms with Crippen LogP contribution in [0.1, 0.15) is 52.7 Å². The van der Waals surface area contributed by atoms with Gasteiger partial charge in [-0.05, 0) is 105 Å². The highest BCUT2D eigenvalue weighted by atomic mass is 32.2. The van der Waals surface area contributed by atoms with Gasteiger partial charge in [0.2, 0.25) is 0 Å². The van der Waals surface area contributed by atoms with Gasteiger partial charge in [0.1, 0.15) is 5.75 Å².